The van der Waals surface area contributed by atoms with E-state index in [1.165, 1.54) is 33.2 Å². The van der Waals surface area contributed by atoms with Gasteiger partial charge in [-0.15, -0.1) is 29.7 Å². The number of pyridine rings is 1. The van der Waals surface area contributed by atoms with E-state index in [1.54, 1.807) is 0 Å². The van der Waals surface area contributed by atoms with E-state index in [0.717, 1.165) is 89.6 Å². The van der Waals surface area contributed by atoms with Crippen molar-refractivity contribution in [1.82, 2.24) is 14.1 Å². The van der Waals surface area contributed by atoms with E-state index in [2.05, 4.69) is 249 Å². The molecular weight excluding hydrogens is 1150 g/mol. The van der Waals surface area contributed by atoms with Crippen LogP contribution in [-0.4, -0.2) is 20.8 Å². The molecule has 9 heteroatoms. The Balaban J connectivity index is 0.00000623. The summed E-state index contributed by atoms with van der Waals surface area (Å²) in [6.45, 7) is 27.0. The standard InChI is InChI=1S/C70H63BN4O3.Pt/c1-67(2,3)45-17-15-18-49(36-45)73-42-74(59-22-14-13-21-58(59)73)50-19-16-20-51(40-50)76-52-26-27-53-54-33-43(23-28-57(54)75(60(53)41-52)65-39-48(31-32-72-65)70(10,11)12)44-34-63-66-64(35-44)78-62-30-25-47(69(7,8)9)38-56(62)71(66)55-37-46(68(4,5)6)24-29-61(55)77-63;/h13-39H,1-12H3;/q-2;. The zero-order chi connectivity index (χ0) is 54.2. The van der Waals surface area contributed by atoms with Crippen molar-refractivity contribution in [1.29, 1.82) is 0 Å². The van der Waals surface area contributed by atoms with Gasteiger partial charge in [0.25, 0.3) is 13.0 Å². The van der Waals surface area contributed by atoms with E-state index in [-0.39, 0.29) is 49.4 Å². The Morgan fingerprint density at radius 1 is 0.506 bits per heavy atom. The summed E-state index contributed by atoms with van der Waals surface area (Å²) in [6.07, 6.45) is 5.56. The Morgan fingerprint density at radius 2 is 1.13 bits per heavy atom. The molecule has 8 aromatic carbocycles. The Labute approximate surface area is 479 Å². The molecule has 79 heavy (non-hydrogen) atoms. The van der Waals surface area contributed by atoms with Crippen LogP contribution in [0.3, 0.4) is 0 Å². The van der Waals surface area contributed by atoms with Crippen LogP contribution in [0.2, 0.25) is 0 Å². The molecule has 0 saturated carbocycles. The van der Waals surface area contributed by atoms with Crippen LogP contribution in [0.5, 0.6) is 34.5 Å². The van der Waals surface area contributed by atoms with Crippen molar-refractivity contribution >= 4 is 55.9 Å². The maximum absolute atomic E-state index is 6.95. The minimum absolute atomic E-state index is 0. The van der Waals surface area contributed by atoms with Gasteiger partial charge in [-0.05, 0) is 132 Å². The van der Waals surface area contributed by atoms with Crippen LogP contribution in [0.1, 0.15) is 105 Å². The molecule has 0 radical (unpaired) electrons. The number of nitrogens with zero attached hydrogens (tertiary/aromatic N) is 4. The molecule has 5 heterocycles. The molecule has 0 aliphatic carbocycles. The van der Waals surface area contributed by atoms with Gasteiger partial charge < -0.3 is 23.3 Å². The number of hydrogen-bond donors (Lipinski definition) is 0. The fourth-order valence-corrected chi connectivity index (χ4v) is 11.3. The number of hydrogen-bond acceptors (Lipinski definition) is 4. The van der Waals surface area contributed by atoms with Crippen molar-refractivity contribution in [2.75, 3.05) is 0 Å². The fourth-order valence-electron chi connectivity index (χ4n) is 11.3. The number of ether oxygens (including phenoxy) is 3. The second-order valence-corrected chi connectivity index (χ2v) is 25.4. The van der Waals surface area contributed by atoms with E-state index in [9.17, 15) is 0 Å². The maximum atomic E-state index is 6.95. The summed E-state index contributed by atoms with van der Waals surface area (Å²) in [5.74, 6) is 5.30. The van der Waals surface area contributed by atoms with Gasteiger partial charge in [-0.3, -0.25) is 4.57 Å². The Morgan fingerprint density at radius 3 is 1.80 bits per heavy atom. The molecular formula is C70H63BN4O3Pt-2. The van der Waals surface area contributed by atoms with Gasteiger partial charge in [-0.25, -0.2) is 4.98 Å². The van der Waals surface area contributed by atoms with E-state index >= 15 is 0 Å². The maximum Gasteiger partial charge on any atom is 0.268 e. The minimum atomic E-state index is -0.0959. The van der Waals surface area contributed by atoms with Gasteiger partial charge in [0.15, 0.2) is 0 Å². The van der Waals surface area contributed by atoms with Crippen LogP contribution in [0, 0.1) is 18.5 Å². The molecule has 0 spiro atoms. The fraction of sp³-hybridized carbons (Fsp3) is 0.229. The number of fused-ring (bicyclic) bond motifs is 8. The van der Waals surface area contributed by atoms with Crippen LogP contribution >= 0.6 is 0 Å². The summed E-state index contributed by atoms with van der Waals surface area (Å²) in [5, 5.41) is 2.08. The van der Waals surface area contributed by atoms with Crippen molar-refractivity contribution in [2.24, 2.45) is 0 Å². The molecule has 0 amide bonds. The molecule has 3 aromatic heterocycles. The molecule has 0 fully saturated rings. The molecule has 396 valence electrons. The van der Waals surface area contributed by atoms with E-state index in [1.807, 2.05) is 30.5 Å². The van der Waals surface area contributed by atoms with Crippen LogP contribution in [-0.2, 0) is 42.7 Å². The number of imidazole rings is 1. The second kappa shape index (κ2) is 18.7. The summed E-state index contributed by atoms with van der Waals surface area (Å²) in [6, 6.07) is 63.3. The molecule has 0 atom stereocenters. The van der Waals surface area contributed by atoms with Crippen LogP contribution in [0.25, 0.3) is 61.2 Å². The van der Waals surface area contributed by atoms with E-state index in [4.69, 9.17) is 19.2 Å². The second-order valence-electron chi connectivity index (χ2n) is 25.4. The Bertz CT molecular complexity index is 4170. The van der Waals surface area contributed by atoms with Gasteiger partial charge in [-0.1, -0.05) is 161 Å². The Kier molecular flexibility index (Phi) is 12.3. The van der Waals surface area contributed by atoms with Crippen molar-refractivity contribution in [3.05, 3.63) is 205 Å². The molecule has 0 unspecified atom stereocenters. The van der Waals surface area contributed by atoms with Crippen molar-refractivity contribution in [2.45, 2.75) is 105 Å². The third-order valence-corrected chi connectivity index (χ3v) is 15.8. The summed E-state index contributed by atoms with van der Waals surface area (Å²) in [5.41, 5.74) is 16.0. The normalized spacial score (nSPS) is 13.1. The van der Waals surface area contributed by atoms with Crippen LogP contribution in [0.15, 0.2) is 164 Å². The zero-order valence-corrected chi connectivity index (χ0v) is 49.3. The number of aromatic nitrogens is 4. The van der Waals surface area contributed by atoms with Crippen molar-refractivity contribution in [3.63, 3.8) is 0 Å². The third-order valence-electron chi connectivity index (χ3n) is 15.8. The monoisotopic (exact) mass is 1210 g/mol. The quantitative estimate of drug-likeness (QED) is 0.0946. The zero-order valence-electron chi connectivity index (χ0n) is 47.0. The molecule has 11 aromatic rings. The summed E-state index contributed by atoms with van der Waals surface area (Å²) >= 11 is 0. The average molecular weight is 1210 g/mol. The summed E-state index contributed by atoms with van der Waals surface area (Å²) in [4.78, 5) is 5.01. The molecule has 0 bridgehead atoms. The number of para-hydroxylation sites is 2. The molecule has 13 rings (SSSR count). The summed E-state index contributed by atoms with van der Waals surface area (Å²) < 4.78 is 27.0. The predicted molar refractivity (Wildman–Crippen MR) is 318 cm³/mol. The minimum Gasteiger partial charge on any atom is -0.510 e. The molecule has 2 aliphatic heterocycles. The third kappa shape index (κ3) is 9.16. The first-order valence-electron chi connectivity index (χ1n) is 27.2. The topological polar surface area (TPSA) is 54.3 Å². The molecule has 2 aliphatic rings. The van der Waals surface area contributed by atoms with Crippen LogP contribution < -0.4 is 35.2 Å². The number of rotatable bonds is 6. The number of benzene rings is 8. The average Bonchev–Trinajstić information content (AvgIpc) is 3.97. The van der Waals surface area contributed by atoms with Gasteiger partial charge >= 0.3 is 0 Å². The summed E-state index contributed by atoms with van der Waals surface area (Å²) in [7, 11) is 0. The molecule has 7 nitrogen and oxygen atoms in total. The van der Waals surface area contributed by atoms with Crippen LogP contribution in [0.4, 0.5) is 0 Å². The first-order chi connectivity index (χ1) is 37.1. The van der Waals surface area contributed by atoms with E-state index in [0.29, 0.717) is 11.5 Å². The molecule has 0 N–H and O–H groups in total. The van der Waals surface area contributed by atoms with E-state index < -0.39 is 0 Å². The largest absolute Gasteiger partial charge is 0.510 e. The smallest absolute Gasteiger partial charge is 0.268 e. The van der Waals surface area contributed by atoms with Crippen molar-refractivity contribution in [3.8, 4) is 62.8 Å². The van der Waals surface area contributed by atoms with Gasteiger partial charge in [0.05, 0.1) is 16.7 Å². The first kappa shape index (κ1) is 52.1. The van der Waals surface area contributed by atoms with Gasteiger partial charge in [0, 0.05) is 49.7 Å². The first-order valence-corrected chi connectivity index (χ1v) is 27.2. The predicted octanol–water partition coefficient (Wildman–Crippen LogP) is 15.2. The van der Waals surface area contributed by atoms with Crippen molar-refractivity contribution < 1.29 is 39.8 Å². The SMILES string of the molecule is CC(C)(C)c1cccc(-[n+]2[c-]n(-c3[c-]c(Oc4[c-]c5c(cc4)c4cc(-c6cc7c8c(c6)Oc6ccc(C(C)(C)C)cc6B8c6cc(C(C)(C)C)ccc6O7)ccc4n5-c4cc(C(C)(C)C)ccn4)ccc3)c3ccccc32)c1.[Pt]. The van der Waals surface area contributed by atoms with Gasteiger partial charge in [-0.2, -0.15) is 18.2 Å². The van der Waals surface area contributed by atoms with Gasteiger partial charge in [0.1, 0.15) is 28.8 Å². The molecule has 0 saturated heterocycles. The van der Waals surface area contributed by atoms with Gasteiger partial charge in [0.2, 0.25) is 0 Å². The Hall–Kier alpha value is -7.67.